The van der Waals surface area contributed by atoms with Gasteiger partial charge in [-0.25, -0.2) is 4.79 Å². The highest BCUT2D eigenvalue weighted by Crippen LogP contribution is 2.20. The number of carboxylic acids is 1. The van der Waals surface area contributed by atoms with E-state index in [1.54, 1.807) is 6.92 Å². The van der Waals surface area contributed by atoms with Gasteiger partial charge in [0.2, 0.25) is 29.5 Å². The summed E-state index contributed by atoms with van der Waals surface area (Å²) in [5.74, 6) is -4.70. The summed E-state index contributed by atoms with van der Waals surface area (Å²) in [6.07, 6.45) is 0.726. The van der Waals surface area contributed by atoms with E-state index >= 15 is 0 Å². The van der Waals surface area contributed by atoms with Gasteiger partial charge in [0, 0.05) is 19.4 Å². The van der Waals surface area contributed by atoms with Crippen molar-refractivity contribution in [3.8, 4) is 0 Å². The first kappa shape index (κ1) is 28.8. The molecule has 13 heteroatoms. The number of nitrogens with one attached hydrogen (secondary N) is 2. The van der Waals surface area contributed by atoms with E-state index in [1.807, 2.05) is 6.92 Å². The first-order valence-corrected chi connectivity index (χ1v) is 11.3. The average Bonchev–Trinajstić information content (AvgIpc) is 3.27. The summed E-state index contributed by atoms with van der Waals surface area (Å²) in [7, 11) is 0. The maximum Gasteiger partial charge on any atom is 0.326 e. The van der Waals surface area contributed by atoms with Crippen LogP contribution in [0.25, 0.3) is 0 Å². The molecule has 1 heterocycles. The molecule has 0 aromatic rings. The van der Waals surface area contributed by atoms with Gasteiger partial charge in [-0.3, -0.25) is 24.0 Å². The van der Waals surface area contributed by atoms with Crippen LogP contribution in [0.2, 0.25) is 0 Å². The average molecular weight is 485 g/mol. The van der Waals surface area contributed by atoms with Gasteiger partial charge in [-0.2, -0.15) is 0 Å². The van der Waals surface area contributed by atoms with Crippen LogP contribution in [0.3, 0.4) is 0 Å². The van der Waals surface area contributed by atoms with Crippen LogP contribution in [0, 0.1) is 5.92 Å². The zero-order valence-electron chi connectivity index (χ0n) is 19.6. The fourth-order valence-corrected chi connectivity index (χ4v) is 3.64. The van der Waals surface area contributed by atoms with E-state index in [0.717, 1.165) is 0 Å². The molecule has 0 saturated carbocycles. The number of nitrogens with two attached hydrogens (primary N) is 3. The van der Waals surface area contributed by atoms with Crippen LogP contribution in [0.4, 0.5) is 0 Å². The molecule has 0 spiro atoms. The normalized spacial score (nSPS) is 18.9. The lowest BCUT2D eigenvalue weighted by atomic mass is 9.98. The van der Waals surface area contributed by atoms with Crippen LogP contribution in [0.15, 0.2) is 0 Å². The minimum atomic E-state index is -1.35. The van der Waals surface area contributed by atoms with Crippen molar-refractivity contribution in [3.05, 3.63) is 0 Å². The Morgan fingerprint density at radius 2 is 1.56 bits per heavy atom. The molecule has 0 aromatic carbocycles. The van der Waals surface area contributed by atoms with E-state index in [9.17, 15) is 33.9 Å². The second-order valence-electron chi connectivity index (χ2n) is 8.57. The highest BCUT2D eigenvalue weighted by molar-refractivity contribution is 5.95. The largest absolute Gasteiger partial charge is 0.480 e. The lowest BCUT2D eigenvalue weighted by Gasteiger charge is -2.30. The predicted molar refractivity (Wildman–Crippen MR) is 121 cm³/mol. The third-order valence-electron chi connectivity index (χ3n) is 5.99. The zero-order valence-corrected chi connectivity index (χ0v) is 19.6. The Labute approximate surface area is 198 Å². The van der Waals surface area contributed by atoms with Crippen molar-refractivity contribution in [2.45, 2.75) is 83.0 Å². The minimum Gasteiger partial charge on any atom is -0.480 e. The van der Waals surface area contributed by atoms with Crippen molar-refractivity contribution in [2.24, 2.45) is 23.1 Å². The van der Waals surface area contributed by atoms with Gasteiger partial charge in [0.15, 0.2) is 0 Å². The molecule has 0 aliphatic carbocycles. The van der Waals surface area contributed by atoms with Gasteiger partial charge in [-0.05, 0) is 31.6 Å². The van der Waals surface area contributed by atoms with Gasteiger partial charge in [0.25, 0.3) is 0 Å². The predicted octanol–water partition coefficient (Wildman–Crippen LogP) is -2.06. The number of hydrogen-bond donors (Lipinski definition) is 6. The number of rotatable bonds is 14. The number of likely N-dealkylation sites (tertiary alicyclic amines) is 1. The van der Waals surface area contributed by atoms with Crippen LogP contribution >= 0.6 is 0 Å². The number of nitrogens with zero attached hydrogens (tertiary/aromatic N) is 1. The molecule has 0 aromatic heterocycles. The van der Waals surface area contributed by atoms with E-state index in [1.165, 1.54) is 4.90 Å². The second-order valence-corrected chi connectivity index (χ2v) is 8.57. The molecule has 1 aliphatic rings. The van der Waals surface area contributed by atoms with Gasteiger partial charge in [0.1, 0.15) is 18.1 Å². The molecule has 1 aliphatic heterocycles. The third kappa shape index (κ3) is 8.61. The number of carboxylic acid groups (broad SMARTS) is 1. The molecule has 5 atom stereocenters. The minimum absolute atomic E-state index is 0.0751. The fourth-order valence-electron chi connectivity index (χ4n) is 3.64. The SMILES string of the molecule is CCC(C)C(N)C(=O)NC(CCC(N)=O)C(=O)N1CCCC1C(=O)NC(CCC(N)=O)C(=O)O. The van der Waals surface area contributed by atoms with Crippen molar-refractivity contribution in [3.63, 3.8) is 0 Å². The van der Waals surface area contributed by atoms with Gasteiger partial charge < -0.3 is 37.8 Å². The number of amides is 5. The molecular formula is C21H36N6O7. The molecule has 192 valence electrons. The van der Waals surface area contributed by atoms with E-state index in [2.05, 4.69) is 10.6 Å². The number of carbonyl (C=O) groups is 6. The maximum absolute atomic E-state index is 13.3. The van der Waals surface area contributed by atoms with Gasteiger partial charge in [-0.1, -0.05) is 20.3 Å². The first-order valence-electron chi connectivity index (χ1n) is 11.3. The molecule has 1 saturated heterocycles. The smallest absolute Gasteiger partial charge is 0.326 e. The van der Waals surface area contributed by atoms with Gasteiger partial charge in [0.05, 0.1) is 6.04 Å². The lowest BCUT2D eigenvalue weighted by Crippen LogP contribution is -2.57. The fraction of sp³-hybridized carbons (Fsp3) is 0.714. The Balaban J connectivity index is 2.98. The number of primary amides is 2. The Hall–Kier alpha value is -3.22. The topological polar surface area (TPSA) is 228 Å². The molecule has 1 rings (SSSR count). The third-order valence-corrected chi connectivity index (χ3v) is 5.99. The van der Waals surface area contributed by atoms with E-state index < -0.39 is 59.7 Å². The summed E-state index contributed by atoms with van der Waals surface area (Å²) >= 11 is 0. The summed E-state index contributed by atoms with van der Waals surface area (Å²) in [6.45, 7) is 3.87. The van der Waals surface area contributed by atoms with Crippen molar-refractivity contribution < 1.29 is 33.9 Å². The molecular weight excluding hydrogens is 448 g/mol. The Kier molecular flexibility index (Phi) is 11.4. The second kappa shape index (κ2) is 13.5. The van der Waals surface area contributed by atoms with Crippen molar-refractivity contribution in [2.75, 3.05) is 6.54 Å². The number of aliphatic carboxylic acids is 1. The molecule has 5 amide bonds. The van der Waals surface area contributed by atoms with Crippen LogP contribution in [-0.2, 0) is 28.8 Å². The standard InChI is InChI=1S/C21H36N6O7/c1-3-11(2)17(24)19(31)25-12(6-8-15(22)28)20(32)27-10-4-5-14(27)18(30)26-13(21(33)34)7-9-16(23)29/h11-14,17H,3-10,24H2,1-2H3,(H2,22,28)(H2,23,29)(H,25,31)(H,26,30)(H,33,34). The summed E-state index contributed by atoms with van der Waals surface area (Å²) in [5.41, 5.74) is 16.2. The molecule has 0 radical (unpaired) electrons. The molecule has 5 unspecified atom stereocenters. The van der Waals surface area contributed by atoms with Crippen molar-refractivity contribution >= 4 is 35.5 Å². The van der Waals surface area contributed by atoms with E-state index in [0.29, 0.717) is 12.8 Å². The Morgan fingerprint density at radius 3 is 2.06 bits per heavy atom. The van der Waals surface area contributed by atoms with Crippen molar-refractivity contribution in [1.29, 1.82) is 0 Å². The molecule has 9 N–H and O–H groups in total. The van der Waals surface area contributed by atoms with Crippen LogP contribution in [0.5, 0.6) is 0 Å². The summed E-state index contributed by atoms with van der Waals surface area (Å²) in [6, 6.07) is -4.32. The monoisotopic (exact) mass is 484 g/mol. The van der Waals surface area contributed by atoms with Gasteiger partial charge >= 0.3 is 5.97 Å². The van der Waals surface area contributed by atoms with E-state index in [-0.39, 0.29) is 44.6 Å². The molecule has 13 nitrogen and oxygen atoms in total. The van der Waals surface area contributed by atoms with Crippen LogP contribution in [-0.4, -0.2) is 76.2 Å². The molecule has 34 heavy (non-hydrogen) atoms. The summed E-state index contributed by atoms with van der Waals surface area (Å²) in [4.78, 5) is 73.6. The van der Waals surface area contributed by atoms with Crippen LogP contribution < -0.4 is 27.8 Å². The summed E-state index contributed by atoms with van der Waals surface area (Å²) < 4.78 is 0. The number of hydrogen-bond acceptors (Lipinski definition) is 7. The Morgan fingerprint density at radius 1 is 1.00 bits per heavy atom. The van der Waals surface area contributed by atoms with E-state index in [4.69, 9.17) is 17.2 Å². The Bertz CT molecular complexity index is 790. The molecule has 0 bridgehead atoms. The quantitative estimate of drug-likeness (QED) is 0.160. The number of carbonyl (C=O) groups excluding carboxylic acids is 5. The maximum atomic E-state index is 13.3. The molecule has 1 fully saturated rings. The summed E-state index contributed by atoms with van der Waals surface area (Å²) in [5, 5.41) is 14.3. The highest BCUT2D eigenvalue weighted by Gasteiger charge is 2.39. The first-order chi connectivity index (χ1) is 15.9. The highest BCUT2D eigenvalue weighted by atomic mass is 16.4. The van der Waals surface area contributed by atoms with Crippen molar-refractivity contribution in [1.82, 2.24) is 15.5 Å². The van der Waals surface area contributed by atoms with Gasteiger partial charge in [-0.15, -0.1) is 0 Å². The van der Waals surface area contributed by atoms with Crippen LogP contribution in [0.1, 0.15) is 58.8 Å². The zero-order chi connectivity index (χ0) is 26.0. The lowest BCUT2D eigenvalue weighted by molar-refractivity contribution is -0.145.